The minimum absolute atomic E-state index is 0.135. The van der Waals surface area contributed by atoms with E-state index in [4.69, 9.17) is 5.73 Å². The fraction of sp³-hybridized carbons (Fsp3) is 0.875. The highest BCUT2D eigenvalue weighted by molar-refractivity contribution is 5.88. The van der Waals surface area contributed by atoms with E-state index in [-0.39, 0.29) is 17.9 Å². The maximum Gasteiger partial charge on any atom is 0.329 e. The van der Waals surface area contributed by atoms with Crippen LogP contribution in [-0.4, -0.2) is 28.6 Å². The van der Waals surface area contributed by atoms with Gasteiger partial charge in [-0.05, 0) is 32.6 Å². The molecule has 5 heteroatoms. The van der Waals surface area contributed by atoms with Crippen molar-refractivity contribution in [2.75, 3.05) is 0 Å². The molecule has 122 valence electrons. The van der Waals surface area contributed by atoms with Crippen molar-refractivity contribution in [3.05, 3.63) is 0 Å². The first kappa shape index (κ1) is 18.0. The molecule has 0 heterocycles. The number of nitrogens with one attached hydrogen (secondary N) is 1. The van der Waals surface area contributed by atoms with Gasteiger partial charge in [0.05, 0.1) is 0 Å². The third-order valence-corrected chi connectivity index (χ3v) is 4.47. The van der Waals surface area contributed by atoms with Gasteiger partial charge in [-0.1, -0.05) is 39.0 Å². The molecule has 21 heavy (non-hydrogen) atoms. The van der Waals surface area contributed by atoms with Gasteiger partial charge in [-0.2, -0.15) is 0 Å². The van der Waals surface area contributed by atoms with Gasteiger partial charge in [0.25, 0.3) is 0 Å². The van der Waals surface area contributed by atoms with Gasteiger partial charge in [0.1, 0.15) is 5.54 Å². The summed E-state index contributed by atoms with van der Waals surface area (Å²) < 4.78 is 0. The Morgan fingerprint density at radius 2 is 1.71 bits per heavy atom. The van der Waals surface area contributed by atoms with Gasteiger partial charge in [0.15, 0.2) is 0 Å². The normalized spacial score (nSPS) is 21.1. The molecule has 0 bridgehead atoms. The van der Waals surface area contributed by atoms with E-state index in [9.17, 15) is 14.7 Å². The fourth-order valence-corrected chi connectivity index (χ4v) is 2.96. The Kier molecular flexibility index (Phi) is 7.15. The zero-order valence-corrected chi connectivity index (χ0v) is 13.4. The molecule has 0 aromatic heterocycles. The van der Waals surface area contributed by atoms with E-state index in [1.807, 2.05) is 13.8 Å². The Hall–Kier alpha value is -1.10. The van der Waals surface area contributed by atoms with E-state index in [0.717, 1.165) is 44.9 Å². The van der Waals surface area contributed by atoms with Crippen LogP contribution >= 0.6 is 0 Å². The second-order valence-electron chi connectivity index (χ2n) is 6.60. The molecule has 0 radical (unpaired) electrons. The Morgan fingerprint density at radius 3 is 2.19 bits per heavy atom. The highest BCUT2D eigenvalue weighted by atomic mass is 16.4. The standard InChI is InChI=1S/C16H30N2O3/c1-12(8-7-9-13(2)17)14(19)18-16(15(20)21)10-5-3-4-6-11-16/h12-13H,3-11,17H2,1-2H3,(H,18,19)(H,20,21). The molecular weight excluding hydrogens is 268 g/mol. The first-order valence-electron chi connectivity index (χ1n) is 8.18. The van der Waals surface area contributed by atoms with E-state index >= 15 is 0 Å². The summed E-state index contributed by atoms with van der Waals surface area (Å²) in [5.41, 5.74) is 4.65. The van der Waals surface area contributed by atoms with Crippen LogP contribution in [0, 0.1) is 5.92 Å². The number of carbonyl (C=O) groups excluding carboxylic acids is 1. The molecular formula is C16H30N2O3. The Bertz CT molecular complexity index is 347. The third-order valence-electron chi connectivity index (χ3n) is 4.47. The summed E-state index contributed by atoms with van der Waals surface area (Å²) in [4.78, 5) is 24.0. The van der Waals surface area contributed by atoms with E-state index in [1.54, 1.807) is 0 Å². The van der Waals surface area contributed by atoms with Crippen LogP contribution in [0.1, 0.15) is 71.6 Å². The molecule has 1 fully saturated rings. The van der Waals surface area contributed by atoms with E-state index < -0.39 is 11.5 Å². The molecule has 1 aliphatic carbocycles. The smallest absolute Gasteiger partial charge is 0.329 e. The van der Waals surface area contributed by atoms with Crippen molar-refractivity contribution in [2.45, 2.75) is 83.2 Å². The molecule has 1 amide bonds. The van der Waals surface area contributed by atoms with E-state index in [2.05, 4.69) is 5.32 Å². The van der Waals surface area contributed by atoms with Crippen LogP contribution in [0.2, 0.25) is 0 Å². The zero-order chi connectivity index (χ0) is 15.9. The van der Waals surface area contributed by atoms with Crippen molar-refractivity contribution < 1.29 is 14.7 Å². The lowest BCUT2D eigenvalue weighted by Crippen LogP contribution is -2.55. The minimum Gasteiger partial charge on any atom is -0.480 e. The Morgan fingerprint density at radius 1 is 1.14 bits per heavy atom. The molecule has 1 saturated carbocycles. The summed E-state index contributed by atoms with van der Waals surface area (Å²) >= 11 is 0. The van der Waals surface area contributed by atoms with Crippen molar-refractivity contribution in [2.24, 2.45) is 11.7 Å². The van der Waals surface area contributed by atoms with Crippen LogP contribution in [0.15, 0.2) is 0 Å². The lowest BCUT2D eigenvalue weighted by molar-refractivity contribution is -0.149. The average molecular weight is 298 g/mol. The summed E-state index contributed by atoms with van der Waals surface area (Å²) in [5, 5.41) is 12.4. The molecule has 5 nitrogen and oxygen atoms in total. The highest BCUT2D eigenvalue weighted by Crippen LogP contribution is 2.28. The molecule has 0 aromatic rings. The molecule has 0 spiro atoms. The summed E-state index contributed by atoms with van der Waals surface area (Å²) in [5.74, 6) is -1.19. The molecule has 2 atom stereocenters. The third kappa shape index (κ3) is 5.65. The lowest BCUT2D eigenvalue weighted by atomic mass is 9.89. The van der Waals surface area contributed by atoms with Crippen molar-refractivity contribution in [1.82, 2.24) is 5.32 Å². The largest absolute Gasteiger partial charge is 0.480 e. The second-order valence-corrected chi connectivity index (χ2v) is 6.60. The predicted molar refractivity (Wildman–Crippen MR) is 82.9 cm³/mol. The number of carbonyl (C=O) groups is 2. The molecule has 4 N–H and O–H groups in total. The number of carboxylic acids is 1. The number of hydrogen-bond acceptors (Lipinski definition) is 3. The molecule has 0 aromatic carbocycles. The van der Waals surface area contributed by atoms with Crippen LogP contribution < -0.4 is 11.1 Å². The van der Waals surface area contributed by atoms with Crippen molar-refractivity contribution in [1.29, 1.82) is 0 Å². The van der Waals surface area contributed by atoms with Crippen LogP contribution in [0.3, 0.4) is 0 Å². The monoisotopic (exact) mass is 298 g/mol. The average Bonchev–Trinajstić information content (AvgIpc) is 2.64. The van der Waals surface area contributed by atoms with Gasteiger partial charge < -0.3 is 16.2 Å². The van der Waals surface area contributed by atoms with Crippen molar-refractivity contribution in [3.8, 4) is 0 Å². The van der Waals surface area contributed by atoms with E-state index in [1.165, 1.54) is 0 Å². The molecule has 1 aliphatic rings. The SMILES string of the molecule is CC(N)CCCC(C)C(=O)NC1(C(=O)O)CCCCCC1. The van der Waals surface area contributed by atoms with Gasteiger partial charge >= 0.3 is 5.97 Å². The quantitative estimate of drug-likeness (QED) is 0.629. The predicted octanol–water partition coefficient (Wildman–Crippen LogP) is 2.43. The first-order valence-corrected chi connectivity index (χ1v) is 8.18. The number of carboxylic acid groups (broad SMARTS) is 1. The number of amides is 1. The fourth-order valence-electron chi connectivity index (χ4n) is 2.96. The molecule has 1 rings (SSSR count). The van der Waals surface area contributed by atoms with Crippen LogP contribution in [0.4, 0.5) is 0 Å². The zero-order valence-electron chi connectivity index (χ0n) is 13.4. The molecule has 2 unspecified atom stereocenters. The van der Waals surface area contributed by atoms with E-state index in [0.29, 0.717) is 12.8 Å². The van der Waals surface area contributed by atoms with Crippen LogP contribution in [0.25, 0.3) is 0 Å². The topological polar surface area (TPSA) is 92.4 Å². The first-order chi connectivity index (χ1) is 9.87. The summed E-state index contributed by atoms with van der Waals surface area (Å²) in [7, 11) is 0. The summed E-state index contributed by atoms with van der Waals surface area (Å²) in [6.45, 7) is 3.82. The van der Waals surface area contributed by atoms with Gasteiger partial charge in [0, 0.05) is 12.0 Å². The number of nitrogens with two attached hydrogens (primary N) is 1. The second kappa shape index (κ2) is 8.37. The lowest BCUT2D eigenvalue weighted by Gasteiger charge is -2.30. The Labute approximate surface area is 127 Å². The molecule has 0 saturated heterocycles. The number of hydrogen-bond donors (Lipinski definition) is 3. The summed E-state index contributed by atoms with van der Waals surface area (Å²) in [6, 6.07) is 0.146. The number of aliphatic carboxylic acids is 1. The van der Waals surface area contributed by atoms with Gasteiger partial charge in [0.2, 0.25) is 5.91 Å². The number of rotatable bonds is 7. The minimum atomic E-state index is -1.05. The summed E-state index contributed by atoms with van der Waals surface area (Å²) in [6.07, 6.45) is 7.46. The Balaban J connectivity index is 2.57. The molecule has 0 aliphatic heterocycles. The maximum absolute atomic E-state index is 12.3. The maximum atomic E-state index is 12.3. The van der Waals surface area contributed by atoms with Gasteiger partial charge in [-0.15, -0.1) is 0 Å². The van der Waals surface area contributed by atoms with Crippen molar-refractivity contribution in [3.63, 3.8) is 0 Å². The van der Waals surface area contributed by atoms with Crippen LogP contribution in [0.5, 0.6) is 0 Å². The van der Waals surface area contributed by atoms with Crippen LogP contribution in [-0.2, 0) is 9.59 Å². The highest BCUT2D eigenvalue weighted by Gasteiger charge is 2.40. The van der Waals surface area contributed by atoms with Crippen molar-refractivity contribution >= 4 is 11.9 Å². The van der Waals surface area contributed by atoms with Gasteiger partial charge in [-0.25, -0.2) is 4.79 Å². The van der Waals surface area contributed by atoms with Gasteiger partial charge in [-0.3, -0.25) is 4.79 Å².